The highest BCUT2D eigenvalue weighted by Crippen LogP contribution is 2.36. The number of pyridine rings is 1. The molecule has 0 aliphatic carbocycles. The van der Waals surface area contributed by atoms with Crippen molar-refractivity contribution >= 4 is 0 Å². The zero-order valence-electron chi connectivity index (χ0n) is 11.3. The largest absolute Gasteiger partial charge is 0.456 e. The zero-order chi connectivity index (χ0) is 13.8. The van der Waals surface area contributed by atoms with Gasteiger partial charge in [-0.25, -0.2) is 0 Å². The number of aromatic nitrogens is 1. The van der Waals surface area contributed by atoms with Crippen LogP contribution >= 0.6 is 0 Å². The fraction of sp³-hybridized carbons (Fsp3) is 0.267. The van der Waals surface area contributed by atoms with Crippen molar-refractivity contribution in [1.29, 1.82) is 0 Å². The second-order valence-corrected chi connectivity index (χ2v) is 4.43. The van der Waals surface area contributed by atoms with E-state index in [2.05, 4.69) is 17.2 Å². The third kappa shape index (κ3) is 2.83. The summed E-state index contributed by atoms with van der Waals surface area (Å²) in [5, 5.41) is 3.26. The van der Waals surface area contributed by atoms with Gasteiger partial charge in [-0.05, 0) is 30.3 Å². The van der Waals surface area contributed by atoms with Crippen molar-refractivity contribution in [3.8, 4) is 23.0 Å². The lowest BCUT2D eigenvalue weighted by Gasteiger charge is -2.08. The molecule has 0 saturated carbocycles. The summed E-state index contributed by atoms with van der Waals surface area (Å²) >= 11 is 0. The Hall–Kier alpha value is -2.27. The summed E-state index contributed by atoms with van der Waals surface area (Å²) in [5.41, 5.74) is 1.09. The van der Waals surface area contributed by atoms with Gasteiger partial charge in [0.25, 0.3) is 0 Å². The molecule has 5 nitrogen and oxygen atoms in total. The van der Waals surface area contributed by atoms with Gasteiger partial charge in [0.05, 0.1) is 6.20 Å². The molecule has 1 aromatic heterocycles. The molecule has 104 valence electrons. The Labute approximate surface area is 117 Å². The van der Waals surface area contributed by atoms with Gasteiger partial charge in [0, 0.05) is 18.8 Å². The van der Waals surface area contributed by atoms with Crippen LogP contribution in [0.25, 0.3) is 0 Å². The maximum absolute atomic E-state index is 5.80. The molecule has 0 fully saturated rings. The summed E-state index contributed by atoms with van der Waals surface area (Å²) in [6.45, 7) is 4.04. The van der Waals surface area contributed by atoms with Crippen LogP contribution in [0.15, 0.2) is 36.7 Å². The van der Waals surface area contributed by atoms with Crippen molar-refractivity contribution in [2.45, 2.75) is 13.5 Å². The monoisotopic (exact) mass is 272 g/mol. The Morgan fingerprint density at radius 3 is 2.95 bits per heavy atom. The molecular formula is C15H16N2O3. The van der Waals surface area contributed by atoms with E-state index < -0.39 is 0 Å². The summed E-state index contributed by atoms with van der Waals surface area (Å²) in [6.07, 6.45) is 3.52. The fourth-order valence-corrected chi connectivity index (χ4v) is 1.96. The van der Waals surface area contributed by atoms with Gasteiger partial charge in [-0.15, -0.1) is 0 Å². The topological polar surface area (TPSA) is 52.6 Å². The first-order valence-electron chi connectivity index (χ1n) is 6.57. The summed E-state index contributed by atoms with van der Waals surface area (Å²) in [4.78, 5) is 4.19. The minimum atomic E-state index is 0.262. The Morgan fingerprint density at radius 1 is 1.15 bits per heavy atom. The average Bonchev–Trinajstić information content (AvgIpc) is 2.93. The summed E-state index contributed by atoms with van der Waals surface area (Å²) in [6, 6.07) is 7.48. The summed E-state index contributed by atoms with van der Waals surface area (Å²) < 4.78 is 16.4. The third-order valence-corrected chi connectivity index (χ3v) is 2.93. The number of ether oxygens (including phenoxy) is 3. The van der Waals surface area contributed by atoms with Crippen LogP contribution in [0, 0.1) is 0 Å². The number of nitrogens with one attached hydrogen (secondary N) is 1. The molecule has 5 heteroatoms. The lowest BCUT2D eigenvalue weighted by molar-refractivity contribution is 0.174. The first-order valence-corrected chi connectivity index (χ1v) is 6.57. The Kier molecular flexibility index (Phi) is 3.69. The van der Waals surface area contributed by atoms with Gasteiger partial charge in [0.2, 0.25) is 6.79 Å². The van der Waals surface area contributed by atoms with Gasteiger partial charge in [0.1, 0.15) is 11.5 Å². The van der Waals surface area contributed by atoms with Crippen molar-refractivity contribution in [2.75, 3.05) is 13.3 Å². The molecule has 0 saturated heterocycles. The Morgan fingerprint density at radius 2 is 2.05 bits per heavy atom. The van der Waals surface area contributed by atoms with E-state index in [1.54, 1.807) is 6.20 Å². The smallest absolute Gasteiger partial charge is 0.231 e. The van der Waals surface area contributed by atoms with Crippen molar-refractivity contribution in [1.82, 2.24) is 10.3 Å². The van der Waals surface area contributed by atoms with E-state index in [0.29, 0.717) is 17.2 Å². The van der Waals surface area contributed by atoms with Crippen LogP contribution in [0.4, 0.5) is 0 Å². The number of rotatable bonds is 5. The van der Waals surface area contributed by atoms with Gasteiger partial charge in [-0.2, -0.15) is 0 Å². The number of hydrogen-bond donors (Lipinski definition) is 1. The molecule has 1 aliphatic heterocycles. The van der Waals surface area contributed by atoms with Crippen molar-refractivity contribution < 1.29 is 14.2 Å². The highest BCUT2D eigenvalue weighted by Gasteiger charge is 2.14. The van der Waals surface area contributed by atoms with Gasteiger partial charge in [0.15, 0.2) is 11.5 Å². The Bertz CT molecular complexity index is 601. The highest BCUT2D eigenvalue weighted by atomic mass is 16.7. The molecule has 2 aromatic rings. The number of fused-ring (bicyclic) bond motifs is 1. The van der Waals surface area contributed by atoms with Crippen molar-refractivity contribution in [2.24, 2.45) is 0 Å². The van der Waals surface area contributed by atoms with Crippen LogP contribution in [0.2, 0.25) is 0 Å². The van der Waals surface area contributed by atoms with Crippen LogP contribution in [-0.2, 0) is 6.54 Å². The number of benzene rings is 1. The normalized spacial score (nSPS) is 12.4. The van der Waals surface area contributed by atoms with Gasteiger partial charge >= 0.3 is 0 Å². The molecular weight excluding hydrogens is 256 g/mol. The third-order valence-electron chi connectivity index (χ3n) is 2.93. The second kappa shape index (κ2) is 5.79. The lowest BCUT2D eigenvalue weighted by atomic mass is 10.2. The summed E-state index contributed by atoms with van der Waals surface area (Å²) in [7, 11) is 0. The Balaban J connectivity index is 1.74. The van der Waals surface area contributed by atoms with Crippen LogP contribution < -0.4 is 19.5 Å². The molecule has 0 amide bonds. The molecule has 0 spiro atoms. The molecule has 0 atom stereocenters. The van der Waals surface area contributed by atoms with Crippen molar-refractivity contribution in [3.63, 3.8) is 0 Å². The molecule has 1 aromatic carbocycles. The maximum atomic E-state index is 5.80. The van der Waals surface area contributed by atoms with Crippen molar-refractivity contribution in [3.05, 3.63) is 42.2 Å². The molecule has 20 heavy (non-hydrogen) atoms. The van der Waals surface area contributed by atoms with E-state index in [4.69, 9.17) is 14.2 Å². The minimum absolute atomic E-state index is 0.262. The molecule has 1 aliphatic rings. The number of hydrogen-bond acceptors (Lipinski definition) is 5. The van der Waals surface area contributed by atoms with E-state index in [1.807, 2.05) is 30.5 Å². The lowest BCUT2D eigenvalue weighted by Crippen LogP contribution is -2.11. The molecule has 0 radical (unpaired) electrons. The molecule has 3 rings (SSSR count). The SMILES string of the molecule is CCNCc1cncc(Oc2ccc3c(c2)OCO3)c1. The van der Waals surface area contributed by atoms with Crippen LogP contribution in [0.1, 0.15) is 12.5 Å². The number of nitrogens with zero attached hydrogens (tertiary/aromatic N) is 1. The molecule has 1 N–H and O–H groups in total. The maximum Gasteiger partial charge on any atom is 0.231 e. The highest BCUT2D eigenvalue weighted by molar-refractivity contribution is 5.48. The van der Waals surface area contributed by atoms with E-state index in [0.717, 1.165) is 24.4 Å². The minimum Gasteiger partial charge on any atom is -0.456 e. The van der Waals surface area contributed by atoms with Gasteiger partial charge < -0.3 is 19.5 Å². The fourth-order valence-electron chi connectivity index (χ4n) is 1.96. The van der Waals surface area contributed by atoms with E-state index in [1.165, 1.54) is 0 Å². The van der Waals surface area contributed by atoms with E-state index >= 15 is 0 Å². The standard InChI is InChI=1S/C15H16N2O3/c1-2-16-7-11-5-13(9-17-8-11)20-12-3-4-14-15(6-12)19-10-18-14/h3-6,8-9,16H,2,7,10H2,1H3. The van der Waals surface area contributed by atoms with E-state index in [9.17, 15) is 0 Å². The quantitative estimate of drug-likeness (QED) is 0.907. The molecule has 0 bridgehead atoms. The predicted octanol–water partition coefficient (Wildman–Crippen LogP) is 2.71. The first kappa shape index (κ1) is 12.7. The predicted molar refractivity (Wildman–Crippen MR) is 74.3 cm³/mol. The van der Waals surface area contributed by atoms with Crippen LogP contribution in [0.3, 0.4) is 0 Å². The summed E-state index contributed by atoms with van der Waals surface area (Å²) in [5.74, 6) is 2.87. The molecule has 2 heterocycles. The van der Waals surface area contributed by atoms with Crippen LogP contribution in [0.5, 0.6) is 23.0 Å². The van der Waals surface area contributed by atoms with E-state index in [-0.39, 0.29) is 6.79 Å². The molecule has 0 unspecified atom stereocenters. The second-order valence-electron chi connectivity index (χ2n) is 4.43. The van der Waals surface area contributed by atoms with Gasteiger partial charge in [-0.3, -0.25) is 4.98 Å². The zero-order valence-corrected chi connectivity index (χ0v) is 11.3. The van der Waals surface area contributed by atoms with Gasteiger partial charge in [-0.1, -0.05) is 6.92 Å². The van der Waals surface area contributed by atoms with Crippen LogP contribution in [-0.4, -0.2) is 18.3 Å². The average molecular weight is 272 g/mol. The first-order chi connectivity index (χ1) is 9.85.